The van der Waals surface area contributed by atoms with Crippen LogP contribution in [0.15, 0.2) is 18.2 Å². The summed E-state index contributed by atoms with van der Waals surface area (Å²) in [7, 11) is 0. The molecule has 1 fully saturated rings. The van der Waals surface area contributed by atoms with Crippen molar-refractivity contribution in [2.24, 2.45) is 0 Å². The number of hydrogen-bond acceptors (Lipinski definition) is 1. The molecule has 2 rings (SSSR count). The van der Waals surface area contributed by atoms with Gasteiger partial charge in [-0.15, -0.1) is 0 Å². The first-order chi connectivity index (χ1) is 6.29. The van der Waals surface area contributed by atoms with E-state index in [4.69, 9.17) is 0 Å². The number of hydrogen-bond donors (Lipinski definition) is 0. The molecule has 1 amide bonds. The van der Waals surface area contributed by atoms with E-state index < -0.39 is 0 Å². The second-order valence-corrected chi connectivity index (χ2v) is 3.39. The molecule has 0 aromatic heterocycles. The van der Waals surface area contributed by atoms with Crippen molar-refractivity contribution in [3.8, 4) is 0 Å². The molecule has 1 aliphatic rings. The highest BCUT2D eigenvalue weighted by atomic mass is 16.2. The fourth-order valence-corrected chi connectivity index (χ4v) is 1.44. The second kappa shape index (κ2) is 3.21. The summed E-state index contributed by atoms with van der Waals surface area (Å²) in [6.45, 7) is 3.78. The first kappa shape index (κ1) is 8.30. The molecule has 1 aromatic carbocycles. The molecule has 1 aliphatic heterocycles. The monoisotopic (exact) mass is 174 g/mol. The molecule has 0 spiro atoms. The van der Waals surface area contributed by atoms with E-state index in [0.29, 0.717) is 0 Å². The number of benzene rings is 1. The molecule has 67 valence electrons. The molecule has 0 unspecified atom stereocenters. The molecular formula is C11H12NO. The Kier molecular flexibility index (Phi) is 2.05. The molecule has 1 heterocycles. The quantitative estimate of drug-likeness (QED) is 0.633. The summed E-state index contributed by atoms with van der Waals surface area (Å²) < 4.78 is 0. The third-order valence-corrected chi connectivity index (χ3v) is 2.44. The third kappa shape index (κ3) is 1.44. The van der Waals surface area contributed by atoms with Gasteiger partial charge < -0.3 is 4.90 Å². The summed E-state index contributed by atoms with van der Waals surface area (Å²) in [6, 6.07) is 8.45. The minimum atomic E-state index is 0.165. The Balaban J connectivity index is 2.24. The normalized spacial score (nSPS) is 15.3. The summed E-state index contributed by atoms with van der Waals surface area (Å²) in [5.74, 6) is 0.165. The van der Waals surface area contributed by atoms with Crippen LogP contribution in [-0.2, 0) is 0 Å². The van der Waals surface area contributed by atoms with Crippen molar-refractivity contribution >= 4 is 5.91 Å². The third-order valence-electron chi connectivity index (χ3n) is 2.44. The zero-order valence-corrected chi connectivity index (χ0v) is 7.71. The highest BCUT2D eigenvalue weighted by Gasteiger charge is 2.22. The minimum absolute atomic E-state index is 0.165. The van der Waals surface area contributed by atoms with Gasteiger partial charge in [-0.25, -0.2) is 0 Å². The topological polar surface area (TPSA) is 20.3 Å². The molecule has 0 saturated carbocycles. The molecular weight excluding hydrogens is 162 g/mol. The fourth-order valence-electron chi connectivity index (χ4n) is 1.44. The SMILES string of the molecule is Cc1c[c]ccc1C(=O)N1CCC1. The molecule has 13 heavy (non-hydrogen) atoms. The smallest absolute Gasteiger partial charge is 0.254 e. The minimum Gasteiger partial charge on any atom is -0.339 e. The fraction of sp³-hybridized carbons (Fsp3) is 0.364. The van der Waals surface area contributed by atoms with Gasteiger partial charge in [-0.05, 0) is 31.0 Å². The zero-order valence-electron chi connectivity index (χ0n) is 7.71. The van der Waals surface area contributed by atoms with Crippen LogP contribution in [0, 0.1) is 13.0 Å². The van der Waals surface area contributed by atoms with Crippen molar-refractivity contribution in [3.63, 3.8) is 0 Å². The van der Waals surface area contributed by atoms with Crippen molar-refractivity contribution in [3.05, 3.63) is 35.4 Å². The van der Waals surface area contributed by atoms with Gasteiger partial charge in [0.1, 0.15) is 0 Å². The van der Waals surface area contributed by atoms with Crippen molar-refractivity contribution in [2.45, 2.75) is 13.3 Å². The summed E-state index contributed by atoms with van der Waals surface area (Å²) >= 11 is 0. The first-order valence-corrected chi connectivity index (χ1v) is 4.55. The molecule has 2 heteroatoms. The number of nitrogens with zero attached hydrogens (tertiary/aromatic N) is 1. The Morgan fingerprint density at radius 3 is 2.85 bits per heavy atom. The summed E-state index contributed by atoms with van der Waals surface area (Å²) in [5.41, 5.74) is 1.83. The average Bonchev–Trinajstić information content (AvgIpc) is 2.01. The van der Waals surface area contributed by atoms with E-state index in [1.165, 1.54) is 0 Å². The van der Waals surface area contributed by atoms with E-state index in [0.717, 1.165) is 30.6 Å². The van der Waals surface area contributed by atoms with E-state index in [-0.39, 0.29) is 5.91 Å². The second-order valence-electron chi connectivity index (χ2n) is 3.39. The number of rotatable bonds is 1. The number of likely N-dealkylation sites (tertiary alicyclic amines) is 1. The van der Waals surface area contributed by atoms with Crippen LogP contribution in [0.2, 0.25) is 0 Å². The van der Waals surface area contributed by atoms with Crippen LogP contribution in [0.1, 0.15) is 22.3 Å². The maximum absolute atomic E-state index is 11.8. The predicted octanol–water partition coefficient (Wildman–Crippen LogP) is 1.64. The van der Waals surface area contributed by atoms with Crippen molar-refractivity contribution in [1.82, 2.24) is 4.90 Å². The van der Waals surface area contributed by atoms with Crippen molar-refractivity contribution in [1.29, 1.82) is 0 Å². The van der Waals surface area contributed by atoms with E-state index in [2.05, 4.69) is 6.07 Å². The molecule has 2 nitrogen and oxygen atoms in total. The number of amides is 1. The van der Waals surface area contributed by atoms with Crippen LogP contribution < -0.4 is 0 Å². The van der Waals surface area contributed by atoms with Crippen molar-refractivity contribution in [2.75, 3.05) is 13.1 Å². The van der Waals surface area contributed by atoms with E-state index in [9.17, 15) is 4.79 Å². The molecule has 0 bridgehead atoms. The first-order valence-electron chi connectivity index (χ1n) is 4.55. The standard InChI is InChI=1S/C11H12NO/c1-9-5-2-3-6-10(9)11(13)12-7-4-8-12/h3,5-6H,4,7-8H2,1H3. The Morgan fingerprint density at radius 2 is 2.31 bits per heavy atom. The molecule has 1 radical (unpaired) electrons. The van der Waals surface area contributed by atoms with Gasteiger partial charge in [-0.3, -0.25) is 4.79 Å². The Labute approximate surface area is 78.2 Å². The summed E-state index contributed by atoms with van der Waals surface area (Å²) in [5, 5.41) is 0. The lowest BCUT2D eigenvalue weighted by Gasteiger charge is -2.31. The molecule has 0 N–H and O–H groups in total. The Hall–Kier alpha value is -1.31. The van der Waals surface area contributed by atoms with Gasteiger partial charge in [0.15, 0.2) is 0 Å². The van der Waals surface area contributed by atoms with E-state index in [1.54, 1.807) is 6.07 Å². The summed E-state index contributed by atoms with van der Waals surface area (Å²) in [6.07, 6.45) is 1.14. The Bertz CT molecular complexity index is 329. The van der Waals surface area contributed by atoms with E-state index >= 15 is 0 Å². The largest absolute Gasteiger partial charge is 0.339 e. The maximum atomic E-state index is 11.8. The van der Waals surface area contributed by atoms with Crippen LogP contribution in [0.3, 0.4) is 0 Å². The van der Waals surface area contributed by atoms with Gasteiger partial charge in [-0.2, -0.15) is 0 Å². The van der Waals surface area contributed by atoms with Gasteiger partial charge in [0.05, 0.1) is 0 Å². The van der Waals surface area contributed by atoms with Gasteiger partial charge in [0, 0.05) is 18.7 Å². The van der Waals surface area contributed by atoms with Crippen molar-refractivity contribution < 1.29 is 4.79 Å². The van der Waals surface area contributed by atoms with Crippen LogP contribution in [-0.4, -0.2) is 23.9 Å². The summed E-state index contributed by atoms with van der Waals surface area (Å²) in [4.78, 5) is 13.6. The number of carbonyl (C=O) groups excluding carboxylic acids is 1. The number of carbonyl (C=O) groups is 1. The van der Waals surface area contributed by atoms with Gasteiger partial charge in [0.25, 0.3) is 5.91 Å². The Morgan fingerprint density at radius 1 is 1.54 bits per heavy atom. The predicted molar refractivity (Wildman–Crippen MR) is 50.5 cm³/mol. The lowest BCUT2D eigenvalue weighted by Crippen LogP contribution is -2.42. The van der Waals surface area contributed by atoms with Gasteiger partial charge >= 0.3 is 0 Å². The zero-order chi connectivity index (χ0) is 9.26. The maximum Gasteiger partial charge on any atom is 0.254 e. The van der Waals surface area contributed by atoms with Gasteiger partial charge in [0.2, 0.25) is 0 Å². The number of aryl methyl sites for hydroxylation is 1. The van der Waals surface area contributed by atoms with E-state index in [1.807, 2.05) is 24.0 Å². The van der Waals surface area contributed by atoms with Gasteiger partial charge in [-0.1, -0.05) is 12.1 Å². The molecule has 0 atom stereocenters. The molecule has 0 aliphatic carbocycles. The highest BCUT2D eigenvalue weighted by molar-refractivity contribution is 5.95. The van der Waals surface area contributed by atoms with Crippen LogP contribution in [0.25, 0.3) is 0 Å². The lowest BCUT2D eigenvalue weighted by atomic mass is 10.1. The van der Waals surface area contributed by atoms with Crippen LogP contribution >= 0.6 is 0 Å². The lowest BCUT2D eigenvalue weighted by molar-refractivity contribution is 0.0651. The average molecular weight is 174 g/mol. The molecule has 1 saturated heterocycles. The molecule has 1 aromatic rings. The van der Waals surface area contributed by atoms with Crippen LogP contribution in [0.5, 0.6) is 0 Å². The van der Waals surface area contributed by atoms with Crippen LogP contribution in [0.4, 0.5) is 0 Å². The highest BCUT2D eigenvalue weighted by Crippen LogP contribution is 2.14.